The first-order valence-corrected chi connectivity index (χ1v) is 16.5. The van der Waals surface area contributed by atoms with Crippen LogP contribution in [-0.2, 0) is 4.57 Å². The molecule has 0 unspecified atom stereocenters. The number of nitrogens with zero attached hydrogens (tertiary/aromatic N) is 5. The molecule has 0 atom stereocenters. The highest BCUT2D eigenvalue weighted by molar-refractivity contribution is 7.63. The number of halogens is 1. The van der Waals surface area contributed by atoms with Crippen LogP contribution in [0.3, 0.4) is 0 Å². The number of aromatic nitrogens is 3. The molecule has 0 amide bonds. The number of hydrogen-bond acceptors (Lipinski definition) is 10. The molecule has 1 saturated carbocycles. The molecule has 2 N–H and O–H groups in total. The van der Waals surface area contributed by atoms with Crippen molar-refractivity contribution < 1.29 is 13.7 Å². The van der Waals surface area contributed by atoms with Crippen LogP contribution in [0.1, 0.15) is 37.4 Å². The molecule has 3 fully saturated rings. The smallest absolute Gasteiger partial charge is 0.301 e. The van der Waals surface area contributed by atoms with Crippen LogP contribution >= 0.6 is 18.7 Å². The zero-order valence-corrected chi connectivity index (χ0v) is 24.0. The summed E-state index contributed by atoms with van der Waals surface area (Å²) in [6.45, 7) is 5.85. The number of ether oxygens (including phenoxy) is 1. The molecule has 0 spiro atoms. The van der Waals surface area contributed by atoms with Gasteiger partial charge in [-0.15, -0.1) is 0 Å². The van der Waals surface area contributed by atoms with E-state index in [2.05, 4.69) is 47.5 Å². The molecule has 1 aromatic carbocycles. The Balaban J connectivity index is 1.10. The maximum atomic E-state index is 12.4. The van der Waals surface area contributed by atoms with Crippen molar-refractivity contribution in [3.63, 3.8) is 0 Å². The van der Waals surface area contributed by atoms with Crippen LogP contribution in [0.15, 0.2) is 35.0 Å². The summed E-state index contributed by atoms with van der Waals surface area (Å²) in [4.78, 5) is 18.0. The molecule has 4 heterocycles. The lowest BCUT2D eigenvalue weighted by molar-refractivity contribution is 0.182. The molecule has 2 aliphatic heterocycles. The predicted octanol–water partition coefficient (Wildman–Crippen LogP) is 5.77. The molecular formula is C27H35ClN7O3P. The number of methoxy groups -OCH3 is 1. The maximum absolute atomic E-state index is 12.4. The van der Waals surface area contributed by atoms with E-state index in [4.69, 9.17) is 20.8 Å². The SMILES string of the molecule is COc1cc(N2CCC(N3CCP(C)(=O)CC3)CC2)ccc1Nc1nc(Nc2ncc(C3CC3)o2)ncc1Cl. The summed E-state index contributed by atoms with van der Waals surface area (Å²) in [6.07, 6.45) is 9.49. The summed E-state index contributed by atoms with van der Waals surface area (Å²) < 4.78 is 23.9. The number of hydrogen-bond donors (Lipinski definition) is 2. The number of anilines is 5. The third kappa shape index (κ3) is 6.18. The van der Waals surface area contributed by atoms with Gasteiger partial charge >= 0.3 is 6.01 Å². The summed E-state index contributed by atoms with van der Waals surface area (Å²) >= 11 is 6.42. The van der Waals surface area contributed by atoms with Gasteiger partial charge in [0.05, 0.1) is 32.3 Å². The molecule has 3 aromatic rings. The number of piperidine rings is 1. The Hall–Kier alpha value is -2.81. The third-order valence-electron chi connectivity index (χ3n) is 7.97. The molecule has 1 aliphatic carbocycles. The minimum Gasteiger partial charge on any atom is -0.494 e. The Morgan fingerprint density at radius 3 is 2.54 bits per heavy atom. The quantitative estimate of drug-likeness (QED) is 0.323. The predicted molar refractivity (Wildman–Crippen MR) is 155 cm³/mol. The van der Waals surface area contributed by atoms with Gasteiger partial charge in [0.25, 0.3) is 0 Å². The van der Waals surface area contributed by atoms with Crippen molar-refractivity contribution in [3.8, 4) is 5.75 Å². The molecule has 2 saturated heterocycles. The lowest BCUT2D eigenvalue weighted by atomic mass is 10.0. The van der Waals surface area contributed by atoms with E-state index in [0.717, 1.165) is 81.3 Å². The fraction of sp³-hybridized carbons (Fsp3) is 0.519. The zero-order valence-electron chi connectivity index (χ0n) is 22.4. The first kappa shape index (κ1) is 26.4. The third-order valence-corrected chi connectivity index (χ3v) is 10.5. The zero-order chi connectivity index (χ0) is 27.0. The first-order chi connectivity index (χ1) is 18.9. The molecular weight excluding hydrogens is 537 g/mol. The first-order valence-electron chi connectivity index (χ1n) is 13.6. The fourth-order valence-electron chi connectivity index (χ4n) is 5.38. The average molecular weight is 572 g/mol. The highest BCUT2D eigenvalue weighted by Gasteiger charge is 2.31. The van der Waals surface area contributed by atoms with Gasteiger partial charge in [-0.3, -0.25) is 10.2 Å². The van der Waals surface area contributed by atoms with E-state index < -0.39 is 7.14 Å². The van der Waals surface area contributed by atoms with Gasteiger partial charge in [0, 0.05) is 62.2 Å². The van der Waals surface area contributed by atoms with E-state index in [1.54, 1.807) is 13.3 Å². The molecule has 10 nitrogen and oxygen atoms in total. The van der Waals surface area contributed by atoms with E-state index in [-0.39, 0.29) is 0 Å². The van der Waals surface area contributed by atoms with Crippen LogP contribution in [0.4, 0.5) is 29.2 Å². The van der Waals surface area contributed by atoms with Crippen LogP contribution in [0.2, 0.25) is 5.02 Å². The van der Waals surface area contributed by atoms with Gasteiger partial charge in [-0.1, -0.05) is 11.6 Å². The minimum atomic E-state index is -1.90. The van der Waals surface area contributed by atoms with Crippen LogP contribution in [0.5, 0.6) is 5.75 Å². The van der Waals surface area contributed by atoms with E-state index in [9.17, 15) is 4.57 Å². The summed E-state index contributed by atoms with van der Waals surface area (Å²) in [6, 6.07) is 7.08. The van der Waals surface area contributed by atoms with Gasteiger partial charge in [0.1, 0.15) is 16.5 Å². The lowest BCUT2D eigenvalue weighted by Gasteiger charge is -2.42. The largest absolute Gasteiger partial charge is 0.494 e. The van der Waals surface area contributed by atoms with Crippen molar-refractivity contribution in [2.24, 2.45) is 0 Å². The Labute approximate surface area is 233 Å². The summed E-state index contributed by atoms with van der Waals surface area (Å²) in [7, 11) is -0.235. The fourth-order valence-corrected chi connectivity index (χ4v) is 7.10. The number of nitrogens with one attached hydrogen (secondary N) is 2. The number of rotatable bonds is 8. The molecule has 6 rings (SSSR count). The number of oxazole rings is 1. The average Bonchev–Trinajstić information content (AvgIpc) is 3.69. The monoisotopic (exact) mass is 571 g/mol. The highest BCUT2D eigenvalue weighted by atomic mass is 35.5. The molecule has 0 radical (unpaired) electrons. The molecule has 0 bridgehead atoms. The van der Waals surface area contributed by atoms with Gasteiger partial charge in [0.2, 0.25) is 5.95 Å². The second-order valence-corrected chi connectivity index (χ2v) is 14.8. The molecule has 3 aliphatic rings. The number of benzene rings is 1. The second kappa shape index (κ2) is 11.0. The normalized spacial score (nSPS) is 20.1. The van der Waals surface area contributed by atoms with Crippen LogP contribution in [-0.4, -0.2) is 78.2 Å². The van der Waals surface area contributed by atoms with Crippen LogP contribution in [0.25, 0.3) is 0 Å². The Kier molecular flexibility index (Phi) is 7.44. The van der Waals surface area contributed by atoms with Crippen LogP contribution < -0.4 is 20.3 Å². The van der Waals surface area contributed by atoms with E-state index in [1.807, 2.05) is 12.7 Å². The van der Waals surface area contributed by atoms with Crippen LogP contribution in [0, 0.1) is 0 Å². The van der Waals surface area contributed by atoms with Crippen molar-refractivity contribution in [1.82, 2.24) is 19.9 Å². The Morgan fingerprint density at radius 2 is 1.82 bits per heavy atom. The van der Waals surface area contributed by atoms with E-state index in [0.29, 0.717) is 40.5 Å². The summed E-state index contributed by atoms with van der Waals surface area (Å²) in [5, 5.41) is 6.70. The second-order valence-electron chi connectivity index (χ2n) is 10.9. The van der Waals surface area contributed by atoms with Crippen molar-refractivity contribution in [3.05, 3.63) is 41.4 Å². The van der Waals surface area contributed by atoms with Gasteiger partial charge in [-0.25, -0.2) is 9.97 Å². The summed E-state index contributed by atoms with van der Waals surface area (Å²) in [5.74, 6) is 2.85. The summed E-state index contributed by atoms with van der Waals surface area (Å²) in [5.41, 5.74) is 1.88. The lowest BCUT2D eigenvalue weighted by Crippen LogP contribution is -2.48. The van der Waals surface area contributed by atoms with Crippen molar-refractivity contribution >= 4 is 47.9 Å². The van der Waals surface area contributed by atoms with Gasteiger partial charge in [-0.2, -0.15) is 4.98 Å². The molecule has 2 aromatic heterocycles. The van der Waals surface area contributed by atoms with E-state index in [1.165, 1.54) is 6.20 Å². The molecule has 12 heteroatoms. The topological polar surface area (TPSA) is 109 Å². The maximum Gasteiger partial charge on any atom is 0.301 e. The van der Waals surface area contributed by atoms with Crippen molar-refractivity contribution in [2.45, 2.75) is 37.6 Å². The van der Waals surface area contributed by atoms with Gasteiger partial charge in [-0.05, 0) is 44.5 Å². The standard InChI is InChI=1S/C27H35ClN7O3P/c1-37-23-15-20(34-9-7-19(8-10-34)35-11-13-39(2,36)14-12-35)5-6-22(23)31-25-21(28)16-29-26(32-25)33-27-30-17-24(38-27)18-3-4-18/h5-6,15-19H,3-4,7-14H2,1-2H3,(H2,29,30,31,32,33). The van der Waals surface area contributed by atoms with Crippen molar-refractivity contribution in [1.29, 1.82) is 0 Å². The van der Waals surface area contributed by atoms with Crippen molar-refractivity contribution in [2.75, 3.05) is 67.8 Å². The molecule has 39 heavy (non-hydrogen) atoms. The van der Waals surface area contributed by atoms with Gasteiger partial charge < -0.3 is 23.9 Å². The van der Waals surface area contributed by atoms with E-state index >= 15 is 0 Å². The Morgan fingerprint density at radius 1 is 1.05 bits per heavy atom. The van der Waals surface area contributed by atoms with Gasteiger partial charge in [0.15, 0.2) is 5.82 Å². The highest BCUT2D eigenvalue weighted by Crippen LogP contribution is 2.44. The Bertz CT molecular complexity index is 1360. The minimum absolute atomic E-state index is 0.333. The molecule has 208 valence electrons.